The van der Waals surface area contributed by atoms with Crippen molar-refractivity contribution in [3.63, 3.8) is 0 Å². The highest BCUT2D eigenvalue weighted by atomic mass is 35.5. The molecule has 0 aromatic heterocycles. The van der Waals surface area contributed by atoms with Gasteiger partial charge in [0.05, 0.1) is 18.7 Å². The van der Waals surface area contributed by atoms with Gasteiger partial charge in [-0.3, -0.25) is 4.79 Å². The second kappa shape index (κ2) is 10.6. The minimum absolute atomic E-state index is 0. The Morgan fingerprint density at radius 2 is 2.00 bits per heavy atom. The monoisotopic (exact) mass is 378 g/mol. The van der Waals surface area contributed by atoms with Crippen molar-refractivity contribution in [2.75, 3.05) is 27.3 Å². The lowest BCUT2D eigenvalue weighted by Crippen LogP contribution is -2.34. The summed E-state index contributed by atoms with van der Waals surface area (Å²) < 4.78 is 10.7. The lowest BCUT2D eigenvalue weighted by atomic mass is 10.0. The number of amides is 1. The Hall–Kier alpha value is -1.17. The van der Waals surface area contributed by atoms with Gasteiger partial charge in [-0.2, -0.15) is 0 Å². The molecule has 0 heterocycles. The van der Waals surface area contributed by atoms with Crippen LogP contribution in [0.1, 0.15) is 37.6 Å². The Morgan fingerprint density at radius 3 is 2.50 bits per heavy atom. The molecule has 1 atom stereocenters. The van der Waals surface area contributed by atoms with E-state index in [-0.39, 0.29) is 24.4 Å². The molecule has 0 saturated carbocycles. The van der Waals surface area contributed by atoms with Crippen molar-refractivity contribution >= 4 is 29.9 Å². The molecule has 7 heteroatoms. The highest BCUT2D eigenvalue weighted by molar-refractivity contribution is 6.32. The number of carbonyl (C=O) groups is 1. The van der Waals surface area contributed by atoms with Crippen LogP contribution in [0.15, 0.2) is 12.1 Å². The van der Waals surface area contributed by atoms with Gasteiger partial charge in [-0.1, -0.05) is 25.4 Å². The Morgan fingerprint density at radius 1 is 1.38 bits per heavy atom. The summed E-state index contributed by atoms with van der Waals surface area (Å²) in [6.07, 6.45) is 0.752. The standard InChI is InChI=1S/C17H27ClN2O3.ClH/c1-6-23-16-13(18)9-12(10-15(16)22-5)17(21)20(4)8-7-14(19)11(2)3;/h9-11,14H,6-8,19H2,1-5H3;1H. The summed E-state index contributed by atoms with van der Waals surface area (Å²) in [4.78, 5) is 14.2. The van der Waals surface area contributed by atoms with Crippen molar-refractivity contribution in [3.05, 3.63) is 22.7 Å². The predicted molar refractivity (Wildman–Crippen MR) is 101 cm³/mol. The lowest BCUT2D eigenvalue weighted by molar-refractivity contribution is 0.0788. The van der Waals surface area contributed by atoms with Crippen LogP contribution in [0, 0.1) is 5.92 Å². The molecule has 0 spiro atoms. The summed E-state index contributed by atoms with van der Waals surface area (Å²) in [5.41, 5.74) is 6.50. The van der Waals surface area contributed by atoms with Crippen LogP contribution in [-0.4, -0.2) is 44.2 Å². The second-order valence-electron chi connectivity index (χ2n) is 5.85. The number of hydrogen-bond donors (Lipinski definition) is 1. The number of ether oxygens (including phenoxy) is 2. The first-order valence-corrected chi connectivity index (χ1v) is 8.20. The van der Waals surface area contributed by atoms with Gasteiger partial charge >= 0.3 is 0 Å². The molecule has 5 nitrogen and oxygen atoms in total. The van der Waals surface area contributed by atoms with Crippen LogP contribution in [0.2, 0.25) is 5.02 Å². The van der Waals surface area contributed by atoms with Gasteiger partial charge in [0.25, 0.3) is 5.91 Å². The van der Waals surface area contributed by atoms with E-state index in [2.05, 4.69) is 13.8 Å². The Balaban J connectivity index is 0.00000529. The van der Waals surface area contributed by atoms with E-state index in [0.717, 1.165) is 6.42 Å². The van der Waals surface area contributed by atoms with E-state index in [1.165, 1.54) is 7.11 Å². The fourth-order valence-electron chi connectivity index (χ4n) is 2.13. The zero-order valence-electron chi connectivity index (χ0n) is 15.0. The smallest absolute Gasteiger partial charge is 0.253 e. The summed E-state index contributed by atoms with van der Waals surface area (Å²) in [6.45, 7) is 7.06. The molecule has 2 N–H and O–H groups in total. The summed E-state index contributed by atoms with van der Waals surface area (Å²) in [5, 5.41) is 0.363. The average Bonchev–Trinajstić information content (AvgIpc) is 2.52. The maximum atomic E-state index is 12.5. The minimum atomic E-state index is -0.121. The van der Waals surface area contributed by atoms with Gasteiger partial charge in [0.15, 0.2) is 11.5 Å². The molecule has 0 bridgehead atoms. The molecule has 24 heavy (non-hydrogen) atoms. The molecule has 1 aromatic carbocycles. The largest absolute Gasteiger partial charge is 0.493 e. The molecule has 0 radical (unpaired) electrons. The maximum absolute atomic E-state index is 12.5. The van der Waals surface area contributed by atoms with Crippen molar-refractivity contribution in [1.29, 1.82) is 0 Å². The zero-order chi connectivity index (χ0) is 17.6. The molecule has 1 aromatic rings. The van der Waals surface area contributed by atoms with Crippen molar-refractivity contribution < 1.29 is 14.3 Å². The highest BCUT2D eigenvalue weighted by Gasteiger charge is 2.19. The molecule has 1 amide bonds. The summed E-state index contributed by atoms with van der Waals surface area (Å²) in [7, 11) is 3.28. The molecular formula is C17H28Cl2N2O3. The average molecular weight is 379 g/mol. The molecule has 1 unspecified atom stereocenters. The first-order valence-electron chi connectivity index (χ1n) is 7.83. The van der Waals surface area contributed by atoms with E-state index in [1.807, 2.05) is 6.92 Å². The van der Waals surface area contributed by atoms with Gasteiger partial charge in [0, 0.05) is 25.2 Å². The number of rotatable bonds is 8. The van der Waals surface area contributed by atoms with E-state index < -0.39 is 0 Å². The first kappa shape index (κ1) is 22.8. The fraction of sp³-hybridized carbons (Fsp3) is 0.588. The van der Waals surface area contributed by atoms with Crippen molar-refractivity contribution in [2.24, 2.45) is 11.7 Å². The normalized spacial score (nSPS) is 11.7. The summed E-state index contributed by atoms with van der Waals surface area (Å²) in [6, 6.07) is 3.33. The molecule has 1 rings (SSSR count). The molecular weight excluding hydrogens is 351 g/mol. The summed E-state index contributed by atoms with van der Waals surface area (Å²) >= 11 is 6.21. The SMILES string of the molecule is CCOc1c(Cl)cc(C(=O)N(C)CCC(N)C(C)C)cc1OC.Cl. The van der Waals surface area contributed by atoms with E-state index in [0.29, 0.717) is 41.2 Å². The van der Waals surface area contributed by atoms with E-state index in [4.69, 9.17) is 26.8 Å². The maximum Gasteiger partial charge on any atom is 0.253 e. The number of methoxy groups -OCH3 is 1. The van der Waals surface area contributed by atoms with Gasteiger partial charge in [-0.05, 0) is 31.4 Å². The quantitative estimate of drug-likeness (QED) is 0.749. The second-order valence-corrected chi connectivity index (χ2v) is 6.25. The third kappa shape index (κ3) is 6.04. The fourth-order valence-corrected chi connectivity index (χ4v) is 2.39. The van der Waals surface area contributed by atoms with E-state index in [9.17, 15) is 4.79 Å². The van der Waals surface area contributed by atoms with Gasteiger partial charge in [-0.15, -0.1) is 12.4 Å². The Kier molecular flexibility index (Phi) is 10.1. The van der Waals surface area contributed by atoms with E-state index in [1.54, 1.807) is 24.1 Å². The van der Waals surface area contributed by atoms with Crippen molar-refractivity contribution in [2.45, 2.75) is 33.2 Å². The van der Waals surface area contributed by atoms with Crippen LogP contribution in [0.5, 0.6) is 11.5 Å². The minimum Gasteiger partial charge on any atom is -0.493 e. The number of halogens is 2. The number of nitrogens with two attached hydrogens (primary N) is 1. The van der Waals surface area contributed by atoms with Crippen LogP contribution in [0.25, 0.3) is 0 Å². The number of hydrogen-bond acceptors (Lipinski definition) is 4. The highest BCUT2D eigenvalue weighted by Crippen LogP contribution is 2.36. The molecule has 0 aliphatic heterocycles. The molecule has 138 valence electrons. The van der Waals surface area contributed by atoms with Crippen molar-refractivity contribution in [3.8, 4) is 11.5 Å². The topological polar surface area (TPSA) is 64.8 Å². The van der Waals surface area contributed by atoms with Crippen LogP contribution in [0.3, 0.4) is 0 Å². The molecule has 0 saturated heterocycles. The van der Waals surface area contributed by atoms with Gasteiger partial charge in [0.1, 0.15) is 0 Å². The number of carbonyl (C=O) groups excluding carboxylic acids is 1. The van der Waals surface area contributed by atoms with Crippen LogP contribution in [-0.2, 0) is 0 Å². The molecule has 0 aliphatic rings. The summed E-state index contributed by atoms with van der Waals surface area (Å²) in [5.74, 6) is 1.18. The van der Waals surface area contributed by atoms with Gasteiger partial charge in [-0.25, -0.2) is 0 Å². The lowest BCUT2D eigenvalue weighted by Gasteiger charge is -2.22. The van der Waals surface area contributed by atoms with Crippen molar-refractivity contribution in [1.82, 2.24) is 4.90 Å². The molecule has 0 fully saturated rings. The Labute approximate surface area is 155 Å². The first-order chi connectivity index (χ1) is 10.8. The Bertz CT molecular complexity index is 539. The predicted octanol–water partition coefficient (Wildman–Crippen LogP) is 3.61. The van der Waals surface area contributed by atoms with Crippen LogP contribution >= 0.6 is 24.0 Å². The van der Waals surface area contributed by atoms with E-state index >= 15 is 0 Å². The third-order valence-electron chi connectivity index (χ3n) is 3.77. The van der Waals surface area contributed by atoms with Gasteiger partial charge < -0.3 is 20.1 Å². The number of benzene rings is 1. The third-order valence-corrected chi connectivity index (χ3v) is 4.05. The van der Waals surface area contributed by atoms with Crippen LogP contribution < -0.4 is 15.2 Å². The zero-order valence-corrected chi connectivity index (χ0v) is 16.5. The van der Waals surface area contributed by atoms with Gasteiger partial charge in [0.2, 0.25) is 0 Å². The number of nitrogens with zero attached hydrogens (tertiary/aromatic N) is 1. The van der Waals surface area contributed by atoms with Crippen LogP contribution in [0.4, 0.5) is 0 Å². The molecule has 0 aliphatic carbocycles.